The molecule has 0 aliphatic rings. The summed E-state index contributed by atoms with van der Waals surface area (Å²) in [5.41, 5.74) is 2.70. The molecule has 1 heterocycles. The van der Waals surface area contributed by atoms with Crippen molar-refractivity contribution in [3.63, 3.8) is 0 Å². The van der Waals surface area contributed by atoms with Gasteiger partial charge in [-0.3, -0.25) is 19.3 Å². The molecule has 0 saturated carbocycles. The molecule has 0 atom stereocenters. The molecule has 3 N–H and O–H groups in total. The molecule has 0 bridgehead atoms. The molecule has 0 aliphatic heterocycles. The molecule has 0 aliphatic carbocycles. The summed E-state index contributed by atoms with van der Waals surface area (Å²) in [4.78, 5) is 39.2. The molecule has 1 aromatic carbocycles. The lowest BCUT2D eigenvalue weighted by atomic mass is 10.1. The molecule has 0 unspecified atom stereocenters. The highest BCUT2D eigenvalue weighted by molar-refractivity contribution is 7.09. The lowest BCUT2D eigenvalue weighted by Gasteiger charge is -2.19. The standard InChI is InChI=1S/C21H28N4O3S/c1-4-25(13-19(27)22-11-17-9-6-10-29-17)14-20(28)23-12-18(26)24-21-15(2)7-5-8-16(21)3/h5-10H,4,11-14H2,1-3H3,(H,22,27)(H,23,28)(H,24,26). The average Bonchev–Trinajstić information content (AvgIpc) is 3.21. The second kappa shape index (κ2) is 11.3. The van der Waals surface area contributed by atoms with E-state index in [4.69, 9.17) is 0 Å². The van der Waals surface area contributed by atoms with E-state index in [2.05, 4.69) is 16.0 Å². The number of hydrogen-bond donors (Lipinski definition) is 3. The Morgan fingerprint density at radius 2 is 1.59 bits per heavy atom. The summed E-state index contributed by atoms with van der Waals surface area (Å²) in [5, 5.41) is 10.2. The second-order valence-corrected chi connectivity index (χ2v) is 7.78. The number of carbonyl (C=O) groups is 3. The van der Waals surface area contributed by atoms with E-state index in [0.717, 1.165) is 21.7 Å². The Labute approximate surface area is 175 Å². The van der Waals surface area contributed by atoms with Crippen LogP contribution >= 0.6 is 11.3 Å². The van der Waals surface area contributed by atoms with Crippen molar-refractivity contribution >= 4 is 34.7 Å². The summed E-state index contributed by atoms with van der Waals surface area (Å²) in [5.74, 6) is -0.720. The van der Waals surface area contributed by atoms with E-state index in [1.807, 2.05) is 56.5 Å². The third-order valence-corrected chi connectivity index (χ3v) is 5.29. The number of nitrogens with zero attached hydrogens (tertiary/aromatic N) is 1. The number of anilines is 1. The number of benzene rings is 1. The van der Waals surface area contributed by atoms with Crippen LogP contribution in [0.1, 0.15) is 22.9 Å². The molecular weight excluding hydrogens is 388 g/mol. The van der Waals surface area contributed by atoms with Crippen LogP contribution in [0.3, 0.4) is 0 Å². The van der Waals surface area contributed by atoms with Crippen LogP contribution in [0, 0.1) is 13.8 Å². The number of nitrogens with one attached hydrogen (secondary N) is 3. The van der Waals surface area contributed by atoms with Gasteiger partial charge >= 0.3 is 0 Å². The molecule has 1 aromatic heterocycles. The van der Waals surface area contributed by atoms with Crippen LogP contribution in [-0.4, -0.2) is 48.8 Å². The van der Waals surface area contributed by atoms with Crippen molar-refractivity contribution in [2.75, 3.05) is 31.5 Å². The van der Waals surface area contributed by atoms with Gasteiger partial charge < -0.3 is 16.0 Å². The molecule has 8 heteroatoms. The van der Waals surface area contributed by atoms with Gasteiger partial charge in [-0.25, -0.2) is 0 Å². The van der Waals surface area contributed by atoms with Gasteiger partial charge in [-0.15, -0.1) is 11.3 Å². The summed E-state index contributed by atoms with van der Waals surface area (Å²) < 4.78 is 0. The zero-order valence-corrected chi connectivity index (χ0v) is 17.9. The largest absolute Gasteiger partial charge is 0.350 e. The zero-order valence-electron chi connectivity index (χ0n) is 17.1. The van der Waals surface area contributed by atoms with E-state index < -0.39 is 0 Å². The van der Waals surface area contributed by atoms with Gasteiger partial charge in [0.25, 0.3) is 0 Å². The number of rotatable bonds is 10. The van der Waals surface area contributed by atoms with E-state index in [-0.39, 0.29) is 37.4 Å². The Balaban J connectivity index is 1.73. The van der Waals surface area contributed by atoms with Crippen molar-refractivity contribution in [1.82, 2.24) is 15.5 Å². The van der Waals surface area contributed by atoms with Gasteiger partial charge in [0.05, 0.1) is 26.2 Å². The highest BCUT2D eigenvalue weighted by Gasteiger charge is 2.14. The molecule has 7 nitrogen and oxygen atoms in total. The molecule has 29 heavy (non-hydrogen) atoms. The third kappa shape index (κ3) is 7.67. The number of thiophene rings is 1. The van der Waals surface area contributed by atoms with Crippen molar-refractivity contribution < 1.29 is 14.4 Å². The molecule has 156 valence electrons. The maximum atomic E-state index is 12.2. The smallest absolute Gasteiger partial charge is 0.243 e. The predicted octanol–water partition coefficient (Wildman–Crippen LogP) is 2.06. The molecule has 0 fully saturated rings. The lowest BCUT2D eigenvalue weighted by Crippen LogP contribution is -2.44. The molecular formula is C21H28N4O3S. The molecule has 2 rings (SSSR count). The van der Waals surface area contributed by atoms with Gasteiger partial charge in [-0.1, -0.05) is 31.2 Å². The fourth-order valence-electron chi connectivity index (χ4n) is 2.77. The Morgan fingerprint density at radius 3 is 2.17 bits per heavy atom. The van der Waals surface area contributed by atoms with Crippen LogP contribution in [0.5, 0.6) is 0 Å². The highest BCUT2D eigenvalue weighted by atomic mass is 32.1. The fourth-order valence-corrected chi connectivity index (χ4v) is 3.42. The number of hydrogen-bond acceptors (Lipinski definition) is 5. The Kier molecular flexibility index (Phi) is 8.82. The van der Waals surface area contributed by atoms with E-state index in [9.17, 15) is 14.4 Å². The monoisotopic (exact) mass is 416 g/mol. The van der Waals surface area contributed by atoms with Gasteiger partial charge in [0, 0.05) is 10.6 Å². The summed E-state index contributed by atoms with van der Waals surface area (Å²) in [6, 6.07) is 9.66. The number of aryl methyl sites for hydroxylation is 2. The van der Waals surface area contributed by atoms with E-state index in [1.165, 1.54) is 0 Å². The molecule has 2 aromatic rings. The van der Waals surface area contributed by atoms with Gasteiger partial charge in [-0.2, -0.15) is 0 Å². The maximum absolute atomic E-state index is 12.2. The van der Waals surface area contributed by atoms with Gasteiger partial charge in [-0.05, 0) is 43.0 Å². The Bertz CT molecular complexity index is 816. The summed E-state index contributed by atoms with van der Waals surface area (Å²) in [7, 11) is 0. The number of para-hydroxylation sites is 1. The van der Waals surface area contributed by atoms with Crippen molar-refractivity contribution in [2.45, 2.75) is 27.3 Å². The predicted molar refractivity (Wildman–Crippen MR) is 116 cm³/mol. The first-order valence-electron chi connectivity index (χ1n) is 9.53. The number of amides is 3. The Hall–Kier alpha value is -2.71. The summed E-state index contributed by atoms with van der Waals surface area (Å²) in [6.45, 7) is 6.83. The van der Waals surface area contributed by atoms with E-state index in [0.29, 0.717) is 13.1 Å². The van der Waals surface area contributed by atoms with Crippen molar-refractivity contribution in [3.8, 4) is 0 Å². The molecule has 0 radical (unpaired) electrons. The lowest BCUT2D eigenvalue weighted by molar-refractivity contribution is -0.126. The number of carbonyl (C=O) groups excluding carboxylic acids is 3. The number of likely N-dealkylation sites (N-methyl/N-ethyl adjacent to an activating group) is 1. The highest BCUT2D eigenvalue weighted by Crippen LogP contribution is 2.18. The van der Waals surface area contributed by atoms with Crippen LogP contribution in [-0.2, 0) is 20.9 Å². The van der Waals surface area contributed by atoms with Crippen molar-refractivity contribution in [2.24, 2.45) is 0 Å². The SMILES string of the molecule is CCN(CC(=O)NCC(=O)Nc1c(C)cccc1C)CC(=O)NCc1cccs1. The minimum atomic E-state index is -0.297. The Morgan fingerprint density at radius 1 is 0.931 bits per heavy atom. The minimum absolute atomic E-state index is 0.0552. The van der Waals surface area contributed by atoms with Crippen LogP contribution in [0.15, 0.2) is 35.7 Å². The van der Waals surface area contributed by atoms with Crippen molar-refractivity contribution in [3.05, 3.63) is 51.7 Å². The van der Waals surface area contributed by atoms with Crippen LogP contribution in [0.25, 0.3) is 0 Å². The first-order chi connectivity index (χ1) is 13.9. The first kappa shape index (κ1) is 22.6. The average molecular weight is 417 g/mol. The zero-order chi connectivity index (χ0) is 21.2. The normalized spacial score (nSPS) is 10.6. The quantitative estimate of drug-likeness (QED) is 0.553. The van der Waals surface area contributed by atoms with Gasteiger partial charge in [0.15, 0.2) is 0 Å². The first-order valence-corrected chi connectivity index (χ1v) is 10.4. The van der Waals surface area contributed by atoms with Gasteiger partial charge in [0.2, 0.25) is 17.7 Å². The minimum Gasteiger partial charge on any atom is -0.350 e. The fraction of sp³-hybridized carbons (Fsp3) is 0.381. The van der Waals surface area contributed by atoms with E-state index >= 15 is 0 Å². The van der Waals surface area contributed by atoms with Crippen LogP contribution in [0.4, 0.5) is 5.69 Å². The third-order valence-electron chi connectivity index (χ3n) is 4.41. The van der Waals surface area contributed by atoms with Crippen LogP contribution in [0.2, 0.25) is 0 Å². The van der Waals surface area contributed by atoms with E-state index in [1.54, 1.807) is 16.2 Å². The second-order valence-electron chi connectivity index (χ2n) is 6.75. The molecule has 0 spiro atoms. The van der Waals surface area contributed by atoms with Crippen LogP contribution < -0.4 is 16.0 Å². The van der Waals surface area contributed by atoms with Crippen molar-refractivity contribution in [1.29, 1.82) is 0 Å². The maximum Gasteiger partial charge on any atom is 0.243 e. The molecule has 3 amide bonds. The topological polar surface area (TPSA) is 90.5 Å². The summed E-state index contributed by atoms with van der Waals surface area (Å²) >= 11 is 1.58. The summed E-state index contributed by atoms with van der Waals surface area (Å²) in [6.07, 6.45) is 0. The molecule has 0 saturated heterocycles. The van der Waals surface area contributed by atoms with Gasteiger partial charge in [0.1, 0.15) is 0 Å².